The normalized spacial score (nSPS) is 28.7. The molecule has 2 aliphatic rings. The van der Waals surface area contributed by atoms with Gasteiger partial charge in [-0.3, -0.25) is 9.69 Å². The molecule has 0 aromatic heterocycles. The Hall–Kier alpha value is -1.19. The third kappa shape index (κ3) is 3.35. The Kier molecular flexibility index (Phi) is 4.71. The van der Waals surface area contributed by atoms with E-state index in [1.54, 1.807) is 0 Å². The van der Waals surface area contributed by atoms with Crippen molar-refractivity contribution in [2.45, 2.75) is 50.7 Å². The second kappa shape index (κ2) is 6.71. The van der Waals surface area contributed by atoms with Gasteiger partial charge in [0.2, 0.25) is 0 Å². The van der Waals surface area contributed by atoms with Gasteiger partial charge < -0.3 is 5.11 Å². The van der Waals surface area contributed by atoms with E-state index in [1.807, 2.05) is 30.3 Å². The average molecular weight is 287 g/mol. The molecule has 0 bridgehead atoms. The molecule has 1 heterocycles. The van der Waals surface area contributed by atoms with Crippen LogP contribution in [0, 0.1) is 5.92 Å². The molecule has 2 fully saturated rings. The van der Waals surface area contributed by atoms with Gasteiger partial charge in [0, 0.05) is 24.9 Å². The van der Waals surface area contributed by atoms with Crippen LogP contribution in [0.4, 0.5) is 0 Å². The van der Waals surface area contributed by atoms with Crippen LogP contribution in [-0.2, 0) is 4.79 Å². The molecule has 1 N–H and O–H groups in total. The summed E-state index contributed by atoms with van der Waals surface area (Å²) in [5, 5.41) is 10.4. The molecule has 3 atom stereocenters. The Bertz CT molecular complexity index is 473. The van der Waals surface area contributed by atoms with Crippen LogP contribution < -0.4 is 0 Å². The van der Waals surface area contributed by atoms with Crippen LogP contribution in [0.3, 0.4) is 0 Å². The maximum absolute atomic E-state index is 12.2. The number of carbonyl (C=O) groups is 1. The highest BCUT2D eigenvalue weighted by atomic mass is 16.3. The number of Topliss-reactive ketones (excluding diaryl/α,β-unsaturated/α-hetero) is 1. The van der Waals surface area contributed by atoms with E-state index in [0.717, 1.165) is 44.2 Å². The van der Waals surface area contributed by atoms with Gasteiger partial charge in [-0.25, -0.2) is 0 Å². The van der Waals surface area contributed by atoms with Gasteiger partial charge in [-0.1, -0.05) is 36.8 Å². The van der Waals surface area contributed by atoms with Gasteiger partial charge in [-0.15, -0.1) is 0 Å². The zero-order chi connectivity index (χ0) is 14.7. The standard InChI is InChI=1S/C18H25NO2/c20-17-11-5-4-9-15(17)16-10-6-12-19(16)13-18(21)14-7-2-1-3-8-14/h1-3,7-8,15-16,18,21H,4-6,9-13H2. The Balaban J connectivity index is 1.65. The number of benzene rings is 1. The number of aliphatic hydroxyl groups excluding tert-OH is 1. The lowest BCUT2D eigenvalue weighted by Crippen LogP contribution is -2.42. The Labute approximate surface area is 127 Å². The summed E-state index contributed by atoms with van der Waals surface area (Å²) in [5.41, 5.74) is 0.970. The Morgan fingerprint density at radius 1 is 1.14 bits per heavy atom. The number of β-amino-alcohol motifs (C(OH)–C–C–N with tert-alkyl or cyclic N) is 1. The van der Waals surface area contributed by atoms with E-state index in [2.05, 4.69) is 4.90 Å². The van der Waals surface area contributed by atoms with Crippen molar-refractivity contribution in [3.63, 3.8) is 0 Å². The highest BCUT2D eigenvalue weighted by Gasteiger charge is 2.37. The van der Waals surface area contributed by atoms with E-state index in [4.69, 9.17) is 0 Å². The monoisotopic (exact) mass is 287 g/mol. The van der Waals surface area contributed by atoms with Crippen molar-refractivity contribution in [2.24, 2.45) is 5.92 Å². The summed E-state index contributed by atoms with van der Waals surface area (Å²) in [4.78, 5) is 14.5. The number of ketones is 1. The van der Waals surface area contributed by atoms with Gasteiger partial charge in [-0.2, -0.15) is 0 Å². The van der Waals surface area contributed by atoms with E-state index >= 15 is 0 Å². The second-order valence-corrected chi connectivity index (χ2v) is 6.45. The van der Waals surface area contributed by atoms with Crippen LogP contribution in [0.1, 0.15) is 50.2 Å². The van der Waals surface area contributed by atoms with Crippen molar-refractivity contribution in [3.05, 3.63) is 35.9 Å². The molecule has 1 aromatic rings. The van der Waals surface area contributed by atoms with Gasteiger partial charge in [0.25, 0.3) is 0 Å². The lowest BCUT2D eigenvalue weighted by Gasteiger charge is -2.34. The Morgan fingerprint density at radius 2 is 1.95 bits per heavy atom. The molecule has 0 spiro atoms. The summed E-state index contributed by atoms with van der Waals surface area (Å²) in [5.74, 6) is 0.663. The van der Waals surface area contributed by atoms with Crippen molar-refractivity contribution in [1.29, 1.82) is 0 Å². The van der Waals surface area contributed by atoms with Crippen molar-refractivity contribution in [3.8, 4) is 0 Å². The SMILES string of the molecule is O=C1CCCCC1C1CCCN1CC(O)c1ccccc1. The zero-order valence-electron chi connectivity index (χ0n) is 12.6. The molecule has 1 aliphatic heterocycles. The number of hydrogen-bond acceptors (Lipinski definition) is 3. The van der Waals surface area contributed by atoms with Gasteiger partial charge in [0.1, 0.15) is 5.78 Å². The highest BCUT2D eigenvalue weighted by molar-refractivity contribution is 5.82. The first-order valence-electron chi connectivity index (χ1n) is 8.25. The van der Waals surface area contributed by atoms with E-state index in [0.29, 0.717) is 18.4 Å². The molecule has 3 heteroatoms. The molecule has 3 unspecified atom stereocenters. The quantitative estimate of drug-likeness (QED) is 0.925. The molecule has 0 radical (unpaired) electrons. The molecule has 21 heavy (non-hydrogen) atoms. The first-order valence-corrected chi connectivity index (χ1v) is 8.25. The summed E-state index contributed by atoms with van der Waals surface area (Å²) in [6.07, 6.45) is 5.85. The van der Waals surface area contributed by atoms with Crippen LogP contribution >= 0.6 is 0 Å². The zero-order valence-corrected chi connectivity index (χ0v) is 12.6. The maximum atomic E-state index is 12.2. The van der Waals surface area contributed by atoms with Gasteiger partial charge in [0.15, 0.2) is 0 Å². The predicted octanol–water partition coefficient (Wildman–Crippen LogP) is 2.94. The fourth-order valence-corrected chi connectivity index (χ4v) is 3.95. The minimum absolute atomic E-state index is 0.212. The number of likely N-dealkylation sites (tertiary alicyclic amines) is 1. The molecule has 1 aliphatic carbocycles. The van der Waals surface area contributed by atoms with Crippen LogP contribution in [0.15, 0.2) is 30.3 Å². The lowest BCUT2D eigenvalue weighted by molar-refractivity contribution is -0.126. The van der Waals surface area contributed by atoms with E-state index in [1.165, 1.54) is 6.42 Å². The fourth-order valence-electron chi connectivity index (χ4n) is 3.95. The van der Waals surface area contributed by atoms with Gasteiger partial charge in [-0.05, 0) is 37.8 Å². The van der Waals surface area contributed by atoms with Crippen LogP contribution in [-0.4, -0.2) is 34.9 Å². The van der Waals surface area contributed by atoms with Crippen LogP contribution in [0.25, 0.3) is 0 Å². The Morgan fingerprint density at radius 3 is 2.71 bits per heavy atom. The summed E-state index contributed by atoms with van der Waals surface area (Å²) in [6, 6.07) is 10.2. The molecule has 1 aromatic carbocycles. The smallest absolute Gasteiger partial charge is 0.137 e. The number of aliphatic hydroxyl groups is 1. The first-order chi connectivity index (χ1) is 10.3. The first kappa shape index (κ1) is 14.7. The molecular formula is C18H25NO2. The maximum Gasteiger partial charge on any atom is 0.137 e. The van der Waals surface area contributed by atoms with Crippen LogP contribution in [0.5, 0.6) is 0 Å². The molecule has 0 amide bonds. The molecular weight excluding hydrogens is 262 g/mol. The molecule has 3 nitrogen and oxygen atoms in total. The van der Waals surface area contributed by atoms with Gasteiger partial charge in [0.05, 0.1) is 6.10 Å². The fraction of sp³-hybridized carbons (Fsp3) is 0.611. The molecule has 114 valence electrons. The van der Waals surface area contributed by atoms with Crippen LogP contribution in [0.2, 0.25) is 0 Å². The average Bonchev–Trinajstić information content (AvgIpc) is 2.96. The number of nitrogens with zero attached hydrogens (tertiary/aromatic N) is 1. The third-order valence-corrected chi connectivity index (χ3v) is 5.07. The van der Waals surface area contributed by atoms with Crippen molar-refractivity contribution >= 4 is 5.78 Å². The summed E-state index contributed by atoms with van der Waals surface area (Å²) < 4.78 is 0. The van der Waals surface area contributed by atoms with E-state index in [-0.39, 0.29) is 5.92 Å². The van der Waals surface area contributed by atoms with E-state index in [9.17, 15) is 9.90 Å². The van der Waals surface area contributed by atoms with Crippen molar-refractivity contribution in [2.75, 3.05) is 13.1 Å². The number of hydrogen-bond donors (Lipinski definition) is 1. The predicted molar refractivity (Wildman–Crippen MR) is 83.0 cm³/mol. The van der Waals surface area contributed by atoms with Gasteiger partial charge >= 0.3 is 0 Å². The molecule has 1 saturated heterocycles. The summed E-state index contributed by atoms with van der Waals surface area (Å²) >= 11 is 0. The van der Waals surface area contributed by atoms with Crippen molar-refractivity contribution in [1.82, 2.24) is 4.90 Å². The highest BCUT2D eigenvalue weighted by Crippen LogP contribution is 2.33. The summed E-state index contributed by atoms with van der Waals surface area (Å²) in [6.45, 7) is 1.66. The topological polar surface area (TPSA) is 40.5 Å². The molecule has 3 rings (SSSR count). The summed E-state index contributed by atoms with van der Waals surface area (Å²) in [7, 11) is 0. The van der Waals surface area contributed by atoms with Crippen molar-refractivity contribution < 1.29 is 9.90 Å². The second-order valence-electron chi connectivity index (χ2n) is 6.45. The minimum atomic E-state index is -0.453. The number of rotatable bonds is 4. The minimum Gasteiger partial charge on any atom is -0.387 e. The lowest BCUT2D eigenvalue weighted by atomic mass is 9.81. The number of carbonyl (C=O) groups excluding carboxylic acids is 1. The van der Waals surface area contributed by atoms with E-state index < -0.39 is 6.10 Å². The molecule has 1 saturated carbocycles. The third-order valence-electron chi connectivity index (χ3n) is 5.07. The largest absolute Gasteiger partial charge is 0.387 e.